The lowest BCUT2D eigenvalue weighted by Gasteiger charge is -2.32. The van der Waals surface area contributed by atoms with Crippen molar-refractivity contribution in [2.45, 2.75) is 45.6 Å². The zero-order chi connectivity index (χ0) is 13.9. The van der Waals surface area contributed by atoms with Crippen LogP contribution in [0, 0.1) is 0 Å². The molecule has 1 unspecified atom stereocenters. The van der Waals surface area contributed by atoms with Crippen LogP contribution < -0.4 is 5.32 Å². The van der Waals surface area contributed by atoms with E-state index in [9.17, 15) is 0 Å². The number of nitrogens with one attached hydrogen (secondary N) is 1. The fourth-order valence-corrected chi connectivity index (χ4v) is 2.47. The summed E-state index contributed by atoms with van der Waals surface area (Å²) in [6.07, 6.45) is 5.11. The predicted octanol–water partition coefficient (Wildman–Crippen LogP) is 3.85. The molecule has 0 aliphatic rings. The van der Waals surface area contributed by atoms with Crippen molar-refractivity contribution in [1.82, 2.24) is 10.2 Å². The third-order valence-electron chi connectivity index (χ3n) is 3.62. The highest BCUT2D eigenvalue weighted by molar-refractivity contribution is 5.19. The average Bonchev–Trinajstić information content (AvgIpc) is 2.46. The lowest BCUT2D eigenvalue weighted by molar-refractivity contribution is 0.189. The molecular formula is C17H30N2. The van der Waals surface area contributed by atoms with Gasteiger partial charge in [0.2, 0.25) is 0 Å². The highest BCUT2D eigenvalue weighted by Gasteiger charge is 2.18. The van der Waals surface area contributed by atoms with E-state index in [0.717, 1.165) is 6.54 Å². The Labute approximate surface area is 119 Å². The summed E-state index contributed by atoms with van der Waals surface area (Å²) in [5.74, 6) is 0. The van der Waals surface area contributed by atoms with Crippen molar-refractivity contribution in [3.8, 4) is 0 Å². The molecule has 2 nitrogen and oxygen atoms in total. The third-order valence-corrected chi connectivity index (χ3v) is 3.62. The number of rotatable bonds is 10. The Kier molecular flexibility index (Phi) is 8.52. The first kappa shape index (κ1) is 16.2. The molecule has 1 atom stereocenters. The van der Waals surface area contributed by atoms with Gasteiger partial charge in [0.1, 0.15) is 0 Å². The summed E-state index contributed by atoms with van der Waals surface area (Å²) in [4.78, 5) is 2.65. The van der Waals surface area contributed by atoms with Crippen molar-refractivity contribution in [3.05, 3.63) is 35.9 Å². The van der Waals surface area contributed by atoms with Crippen LogP contribution in [0.25, 0.3) is 0 Å². The lowest BCUT2D eigenvalue weighted by atomic mass is 10.0. The van der Waals surface area contributed by atoms with Gasteiger partial charge in [-0.3, -0.25) is 4.90 Å². The Balaban J connectivity index is 2.77. The van der Waals surface area contributed by atoms with Gasteiger partial charge in [-0.2, -0.15) is 0 Å². The average molecular weight is 262 g/mol. The van der Waals surface area contributed by atoms with E-state index in [1.54, 1.807) is 0 Å². The Morgan fingerprint density at radius 2 is 1.58 bits per heavy atom. The first-order chi connectivity index (χ1) is 9.33. The molecule has 0 amide bonds. The van der Waals surface area contributed by atoms with Crippen molar-refractivity contribution >= 4 is 0 Å². The molecule has 0 aromatic heterocycles. The van der Waals surface area contributed by atoms with Crippen LogP contribution in [0.2, 0.25) is 0 Å². The van der Waals surface area contributed by atoms with Gasteiger partial charge < -0.3 is 5.32 Å². The molecular weight excluding hydrogens is 232 g/mol. The van der Waals surface area contributed by atoms with Gasteiger partial charge in [0.05, 0.1) is 0 Å². The zero-order valence-corrected chi connectivity index (χ0v) is 12.9. The third kappa shape index (κ3) is 5.75. The Hall–Kier alpha value is -0.860. The van der Waals surface area contributed by atoms with Gasteiger partial charge in [-0.1, -0.05) is 57.0 Å². The van der Waals surface area contributed by atoms with Crippen LogP contribution in [0.15, 0.2) is 30.3 Å². The number of nitrogens with zero attached hydrogens (tertiary/aromatic N) is 1. The first-order valence-corrected chi connectivity index (χ1v) is 7.77. The van der Waals surface area contributed by atoms with Crippen LogP contribution in [-0.4, -0.2) is 31.6 Å². The quantitative estimate of drug-likeness (QED) is 0.689. The van der Waals surface area contributed by atoms with Gasteiger partial charge in [-0.15, -0.1) is 0 Å². The number of likely N-dealkylation sites (N-methyl/N-ethyl adjacent to an activating group) is 1. The summed E-state index contributed by atoms with van der Waals surface area (Å²) in [5.41, 5.74) is 1.43. The summed E-state index contributed by atoms with van der Waals surface area (Å²) in [5, 5.41) is 3.36. The van der Waals surface area contributed by atoms with Crippen LogP contribution >= 0.6 is 0 Å². The Bertz CT molecular complexity index is 302. The van der Waals surface area contributed by atoms with E-state index in [1.807, 2.05) is 7.05 Å². The summed E-state index contributed by atoms with van der Waals surface area (Å²) >= 11 is 0. The highest BCUT2D eigenvalue weighted by Crippen LogP contribution is 2.21. The van der Waals surface area contributed by atoms with E-state index in [0.29, 0.717) is 6.04 Å². The van der Waals surface area contributed by atoms with Crippen molar-refractivity contribution in [2.24, 2.45) is 0 Å². The summed E-state index contributed by atoms with van der Waals surface area (Å²) in [6.45, 7) is 7.98. The van der Waals surface area contributed by atoms with Crippen molar-refractivity contribution in [1.29, 1.82) is 0 Å². The van der Waals surface area contributed by atoms with E-state index in [-0.39, 0.29) is 0 Å². The van der Waals surface area contributed by atoms with E-state index in [4.69, 9.17) is 0 Å². The monoisotopic (exact) mass is 262 g/mol. The number of unbranched alkanes of at least 4 members (excludes halogenated alkanes) is 2. The molecule has 0 bridgehead atoms. The van der Waals surface area contributed by atoms with Crippen LogP contribution in [0.4, 0.5) is 0 Å². The van der Waals surface area contributed by atoms with E-state index in [1.165, 1.54) is 44.3 Å². The number of hydrogen-bond donors (Lipinski definition) is 1. The maximum Gasteiger partial charge on any atom is 0.0472 e. The van der Waals surface area contributed by atoms with Crippen LogP contribution in [0.1, 0.15) is 51.1 Å². The first-order valence-electron chi connectivity index (χ1n) is 7.77. The minimum atomic E-state index is 0.504. The second-order valence-corrected chi connectivity index (χ2v) is 5.23. The molecule has 0 heterocycles. The molecule has 0 radical (unpaired) electrons. The zero-order valence-electron chi connectivity index (χ0n) is 12.9. The van der Waals surface area contributed by atoms with Gasteiger partial charge in [0.25, 0.3) is 0 Å². The largest absolute Gasteiger partial charge is 0.318 e. The number of hydrogen-bond acceptors (Lipinski definition) is 2. The van der Waals surface area contributed by atoms with Crippen molar-refractivity contribution in [2.75, 3.05) is 26.7 Å². The fraction of sp³-hybridized carbons (Fsp3) is 0.647. The van der Waals surface area contributed by atoms with Gasteiger partial charge >= 0.3 is 0 Å². The molecule has 0 spiro atoms. The van der Waals surface area contributed by atoms with E-state index >= 15 is 0 Å². The molecule has 1 rings (SSSR count). The van der Waals surface area contributed by atoms with Gasteiger partial charge in [0, 0.05) is 12.6 Å². The Morgan fingerprint density at radius 3 is 2.05 bits per heavy atom. The van der Waals surface area contributed by atoms with Crippen molar-refractivity contribution in [3.63, 3.8) is 0 Å². The second kappa shape index (κ2) is 9.99. The molecule has 1 aromatic rings. The minimum Gasteiger partial charge on any atom is -0.318 e. The molecule has 0 saturated heterocycles. The topological polar surface area (TPSA) is 15.3 Å². The van der Waals surface area contributed by atoms with E-state index < -0.39 is 0 Å². The molecule has 0 saturated carbocycles. The molecule has 1 aromatic carbocycles. The normalized spacial score (nSPS) is 12.8. The van der Waals surface area contributed by atoms with Gasteiger partial charge in [-0.05, 0) is 38.5 Å². The molecule has 108 valence electrons. The SMILES string of the molecule is CCCCN(CCCC)C(CNC)c1ccccc1. The fourth-order valence-electron chi connectivity index (χ4n) is 2.47. The smallest absolute Gasteiger partial charge is 0.0472 e. The lowest BCUT2D eigenvalue weighted by Crippen LogP contribution is -2.36. The molecule has 0 aliphatic carbocycles. The molecule has 2 heteroatoms. The number of benzene rings is 1. The van der Waals surface area contributed by atoms with E-state index in [2.05, 4.69) is 54.4 Å². The van der Waals surface area contributed by atoms with Crippen molar-refractivity contribution < 1.29 is 0 Å². The molecule has 0 aliphatic heterocycles. The van der Waals surface area contributed by atoms with Gasteiger partial charge in [0.15, 0.2) is 0 Å². The minimum absolute atomic E-state index is 0.504. The summed E-state index contributed by atoms with van der Waals surface area (Å²) in [7, 11) is 2.05. The summed E-state index contributed by atoms with van der Waals surface area (Å²) in [6, 6.07) is 11.4. The molecule has 19 heavy (non-hydrogen) atoms. The maximum absolute atomic E-state index is 3.36. The predicted molar refractivity (Wildman–Crippen MR) is 84.5 cm³/mol. The summed E-state index contributed by atoms with van der Waals surface area (Å²) < 4.78 is 0. The van der Waals surface area contributed by atoms with Crippen LogP contribution in [-0.2, 0) is 0 Å². The standard InChI is InChI=1S/C17H30N2/c1-4-6-13-19(14-7-5-2)17(15-18-3)16-11-9-8-10-12-16/h8-12,17-18H,4-7,13-15H2,1-3H3. The van der Waals surface area contributed by atoms with Crippen LogP contribution in [0.3, 0.4) is 0 Å². The maximum atomic E-state index is 3.36. The molecule has 0 fully saturated rings. The highest BCUT2D eigenvalue weighted by atomic mass is 15.2. The van der Waals surface area contributed by atoms with Gasteiger partial charge in [-0.25, -0.2) is 0 Å². The molecule has 1 N–H and O–H groups in total. The Morgan fingerprint density at radius 1 is 1.00 bits per heavy atom. The second-order valence-electron chi connectivity index (χ2n) is 5.23. The van der Waals surface area contributed by atoms with Crippen LogP contribution in [0.5, 0.6) is 0 Å².